The van der Waals surface area contributed by atoms with E-state index in [1.54, 1.807) is 16.4 Å². The normalized spacial score (nSPS) is 22.8. The van der Waals surface area contributed by atoms with Gasteiger partial charge in [0.25, 0.3) is 0 Å². The molecule has 1 unspecified atom stereocenters. The number of hydrogen-bond acceptors (Lipinski definition) is 5. The van der Waals surface area contributed by atoms with Crippen molar-refractivity contribution < 1.29 is 8.42 Å². The summed E-state index contributed by atoms with van der Waals surface area (Å²) < 4.78 is 28.2. The number of aryl methyl sites for hydroxylation is 2. The predicted molar refractivity (Wildman–Crippen MR) is 106 cm³/mol. The maximum absolute atomic E-state index is 13.3. The van der Waals surface area contributed by atoms with Gasteiger partial charge in [-0.05, 0) is 55.9 Å². The van der Waals surface area contributed by atoms with Gasteiger partial charge in [0.1, 0.15) is 0 Å². The van der Waals surface area contributed by atoms with Gasteiger partial charge >= 0.3 is 0 Å². The smallest absolute Gasteiger partial charge is 0.243 e. The molecule has 1 aliphatic carbocycles. The molecular formula is C20H26N4O2S. The molecule has 1 aliphatic heterocycles. The predicted octanol–water partition coefficient (Wildman–Crippen LogP) is 2.52. The van der Waals surface area contributed by atoms with Gasteiger partial charge in [0.2, 0.25) is 16.0 Å². The maximum Gasteiger partial charge on any atom is 0.243 e. The van der Waals surface area contributed by atoms with Crippen LogP contribution in [0.1, 0.15) is 36.1 Å². The van der Waals surface area contributed by atoms with Crippen LogP contribution in [0.3, 0.4) is 0 Å². The fourth-order valence-corrected chi connectivity index (χ4v) is 6.03. The van der Waals surface area contributed by atoms with Gasteiger partial charge in [0, 0.05) is 38.8 Å². The summed E-state index contributed by atoms with van der Waals surface area (Å²) in [6, 6.07) is 7.18. The highest BCUT2D eigenvalue weighted by molar-refractivity contribution is 7.89. The van der Waals surface area contributed by atoms with Crippen LogP contribution < -0.4 is 4.90 Å². The molecule has 0 radical (unpaired) electrons. The fourth-order valence-electron chi connectivity index (χ4n) is 4.36. The van der Waals surface area contributed by atoms with E-state index >= 15 is 0 Å². The van der Waals surface area contributed by atoms with Crippen molar-refractivity contribution in [1.29, 1.82) is 0 Å². The first-order chi connectivity index (χ1) is 12.8. The van der Waals surface area contributed by atoms with Gasteiger partial charge in [0.15, 0.2) is 0 Å². The third-order valence-electron chi connectivity index (χ3n) is 5.80. The van der Waals surface area contributed by atoms with Crippen LogP contribution in [0.25, 0.3) is 0 Å². The number of hydrogen-bond donors (Lipinski definition) is 0. The van der Waals surface area contributed by atoms with Crippen LogP contribution in [0.4, 0.5) is 5.95 Å². The number of piperidine rings is 1. The van der Waals surface area contributed by atoms with Crippen LogP contribution in [0.5, 0.6) is 0 Å². The molecule has 2 aromatic rings. The first kappa shape index (κ1) is 18.4. The van der Waals surface area contributed by atoms with Crippen LogP contribution in [0.15, 0.2) is 35.4 Å². The molecule has 0 bridgehead atoms. The number of fused-ring (bicyclic) bond motifs is 2. The Morgan fingerprint density at radius 1 is 1.22 bits per heavy atom. The van der Waals surface area contributed by atoms with Crippen molar-refractivity contribution in [3.63, 3.8) is 0 Å². The summed E-state index contributed by atoms with van der Waals surface area (Å²) in [6.07, 6.45) is 5.60. The first-order valence-corrected chi connectivity index (χ1v) is 10.9. The molecule has 1 spiro atoms. The molecule has 7 heteroatoms. The summed E-state index contributed by atoms with van der Waals surface area (Å²) in [5.74, 6) is 0.689. The third-order valence-corrected chi connectivity index (χ3v) is 7.64. The Kier molecular flexibility index (Phi) is 4.47. The molecule has 0 N–H and O–H groups in total. The van der Waals surface area contributed by atoms with E-state index in [-0.39, 0.29) is 5.41 Å². The van der Waals surface area contributed by atoms with E-state index in [9.17, 15) is 8.42 Å². The van der Waals surface area contributed by atoms with E-state index in [2.05, 4.69) is 4.98 Å². The Balaban J connectivity index is 1.70. The lowest BCUT2D eigenvalue weighted by molar-refractivity contribution is 0.219. The number of anilines is 1. The molecule has 1 aromatic heterocycles. The largest absolute Gasteiger partial charge is 0.347 e. The molecule has 4 rings (SSSR count). The summed E-state index contributed by atoms with van der Waals surface area (Å²) >= 11 is 0. The van der Waals surface area contributed by atoms with Crippen LogP contribution in [0.2, 0.25) is 0 Å². The van der Waals surface area contributed by atoms with Gasteiger partial charge in [-0.25, -0.2) is 18.4 Å². The molecule has 144 valence electrons. The van der Waals surface area contributed by atoms with Crippen molar-refractivity contribution in [2.24, 2.45) is 0 Å². The lowest BCUT2D eigenvalue weighted by Gasteiger charge is -2.39. The van der Waals surface area contributed by atoms with Crippen molar-refractivity contribution >= 4 is 16.0 Å². The molecular weight excluding hydrogens is 360 g/mol. The van der Waals surface area contributed by atoms with Gasteiger partial charge < -0.3 is 4.90 Å². The zero-order chi connectivity index (χ0) is 19.2. The van der Waals surface area contributed by atoms with Crippen molar-refractivity contribution in [1.82, 2.24) is 14.3 Å². The highest BCUT2D eigenvalue weighted by Gasteiger charge is 2.46. The summed E-state index contributed by atoms with van der Waals surface area (Å²) in [7, 11) is 0.361. The van der Waals surface area contributed by atoms with E-state index in [1.807, 2.05) is 44.2 Å². The van der Waals surface area contributed by atoms with Crippen LogP contribution in [-0.4, -0.2) is 49.9 Å². The van der Waals surface area contributed by atoms with Crippen molar-refractivity contribution in [3.8, 4) is 0 Å². The summed E-state index contributed by atoms with van der Waals surface area (Å²) in [5, 5.41) is 0. The van der Waals surface area contributed by atoms with Gasteiger partial charge in [-0.1, -0.05) is 12.1 Å². The van der Waals surface area contributed by atoms with Gasteiger partial charge in [0.05, 0.1) is 10.6 Å². The SMILES string of the molecule is Cc1cccc(S(=O)(=O)N2CCCC3(CCc4cnc(N(C)C)nc43)C2)c1. The zero-order valence-electron chi connectivity index (χ0n) is 16.1. The quantitative estimate of drug-likeness (QED) is 0.811. The Morgan fingerprint density at radius 2 is 2.04 bits per heavy atom. The molecule has 1 atom stereocenters. The van der Waals surface area contributed by atoms with E-state index in [1.165, 1.54) is 0 Å². The standard InChI is InChI=1S/C20H26N4O2S/c1-15-6-4-7-17(12-15)27(25,26)24-11-5-9-20(14-24)10-8-16-13-21-19(23(2)3)22-18(16)20/h4,6-7,12-13H,5,8-11,14H2,1-3H3. The topological polar surface area (TPSA) is 66.4 Å². The van der Waals surface area contributed by atoms with E-state index < -0.39 is 10.0 Å². The van der Waals surface area contributed by atoms with Crippen molar-refractivity contribution in [2.45, 2.75) is 42.9 Å². The van der Waals surface area contributed by atoms with E-state index in [4.69, 9.17) is 4.98 Å². The molecule has 6 nitrogen and oxygen atoms in total. The Hall–Kier alpha value is -1.99. The minimum atomic E-state index is -3.50. The molecule has 2 aliphatic rings. The summed E-state index contributed by atoms with van der Waals surface area (Å²) in [6.45, 7) is 2.99. The minimum absolute atomic E-state index is 0.196. The molecule has 1 fully saturated rings. The first-order valence-electron chi connectivity index (χ1n) is 9.42. The number of sulfonamides is 1. The highest BCUT2D eigenvalue weighted by Crippen LogP contribution is 2.45. The summed E-state index contributed by atoms with van der Waals surface area (Å²) in [5.41, 5.74) is 2.97. The van der Waals surface area contributed by atoms with E-state index in [0.29, 0.717) is 23.9 Å². The van der Waals surface area contributed by atoms with E-state index in [0.717, 1.165) is 42.5 Å². The second kappa shape index (κ2) is 6.56. The van der Waals surface area contributed by atoms with Crippen molar-refractivity contribution in [3.05, 3.63) is 47.3 Å². The van der Waals surface area contributed by atoms with Gasteiger partial charge in [-0.15, -0.1) is 0 Å². The molecule has 2 heterocycles. The maximum atomic E-state index is 13.3. The molecule has 1 saturated heterocycles. The average Bonchev–Trinajstić information content (AvgIpc) is 2.99. The second-order valence-electron chi connectivity index (χ2n) is 7.98. The average molecular weight is 387 g/mol. The van der Waals surface area contributed by atoms with Crippen LogP contribution in [-0.2, 0) is 21.9 Å². The van der Waals surface area contributed by atoms with Gasteiger partial charge in [-0.2, -0.15) is 4.31 Å². The van der Waals surface area contributed by atoms with Gasteiger partial charge in [-0.3, -0.25) is 0 Å². The number of benzene rings is 1. The minimum Gasteiger partial charge on any atom is -0.347 e. The fraction of sp³-hybridized carbons (Fsp3) is 0.500. The molecule has 0 saturated carbocycles. The van der Waals surface area contributed by atoms with Crippen LogP contribution in [0, 0.1) is 6.92 Å². The number of nitrogens with zero attached hydrogens (tertiary/aromatic N) is 4. The monoisotopic (exact) mass is 386 g/mol. The lowest BCUT2D eigenvalue weighted by atomic mass is 9.78. The van der Waals surface area contributed by atoms with Crippen molar-refractivity contribution in [2.75, 3.05) is 32.1 Å². The molecule has 1 aromatic carbocycles. The third kappa shape index (κ3) is 3.12. The zero-order valence-corrected chi connectivity index (χ0v) is 17.0. The summed E-state index contributed by atoms with van der Waals surface area (Å²) in [4.78, 5) is 11.5. The lowest BCUT2D eigenvalue weighted by Crippen LogP contribution is -2.47. The Labute approximate surface area is 161 Å². The molecule has 0 amide bonds. The Bertz CT molecular complexity index is 970. The Morgan fingerprint density at radius 3 is 2.78 bits per heavy atom. The number of aromatic nitrogens is 2. The number of rotatable bonds is 3. The molecule has 27 heavy (non-hydrogen) atoms. The second-order valence-corrected chi connectivity index (χ2v) is 9.92. The highest BCUT2D eigenvalue weighted by atomic mass is 32.2. The van der Waals surface area contributed by atoms with Crippen LogP contribution >= 0.6 is 0 Å².